The molecule has 4 nitrogen and oxygen atoms in total. The van der Waals surface area contributed by atoms with Gasteiger partial charge in [0.25, 0.3) is 0 Å². The predicted molar refractivity (Wildman–Crippen MR) is 74.3 cm³/mol. The van der Waals surface area contributed by atoms with Crippen LogP contribution in [-0.4, -0.2) is 26.8 Å². The third-order valence-electron chi connectivity index (χ3n) is 2.56. The molecular formula is C12H14N2O2S2. The maximum Gasteiger partial charge on any atom is 0.309 e. The zero-order valence-electron chi connectivity index (χ0n) is 10.4. The van der Waals surface area contributed by atoms with Crippen molar-refractivity contribution in [1.29, 1.82) is 0 Å². The van der Waals surface area contributed by atoms with E-state index in [1.54, 1.807) is 25.2 Å². The number of nitrogens with zero attached hydrogens (tertiary/aromatic N) is 2. The van der Waals surface area contributed by atoms with Gasteiger partial charge in [0.15, 0.2) is 0 Å². The van der Waals surface area contributed by atoms with Gasteiger partial charge in [-0.15, -0.1) is 23.1 Å². The molecule has 0 aliphatic heterocycles. The van der Waals surface area contributed by atoms with Gasteiger partial charge in [-0.1, -0.05) is 0 Å². The predicted octanol–water partition coefficient (Wildman–Crippen LogP) is 3.20. The van der Waals surface area contributed by atoms with Gasteiger partial charge in [0, 0.05) is 16.0 Å². The lowest BCUT2D eigenvalue weighted by Crippen LogP contribution is -2.26. The Morgan fingerprint density at radius 2 is 2.22 bits per heavy atom. The van der Waals surface area contributed by atoms with Gasteiger partial charge < -0.3 is 5.11 Å². The van der Waals surface area contributed by atoms with E-state index in [1.165, 1.54) is 23.0 Å². The van der Waals surface area contributed by atoms with Crippen LogP contribution in [0, 0.1) is 12.3 Å². The Morgan fingerprint density at radius 1 is 1.50 bits per heavy atom. The Balaban J connectivity index is 2.25. The highest BCUT2D eigenvalue weighted by Crippen LogP contribution is 2.33. The summed E-state index contributed by atoms with van der Waals surface area (Å²) in [4.78, 5) is 21.7. The molecule has 0 saturated carbocycles. The summed E-state index contributed by atoms with van der Waals surface area (Å²) in [5.74, 6) is -0.301. The highest BCUT2D eigenvalue weighted by atomic mass is 32.2. The van der Waals surface area contributed by atoms with Crippen LogP contribution in [-0.2, 0) is 4.79 Å². The number of hydrogen-bond acceptors (Lipinski definition) is 5. The quantitative estimate of drug-likeness (QED) is 0.689. The van der Waals surface area contributed by atoms with Crippen LogP contribution >= 0.6 is 23.1 Å². The van der Waals surface area contributed by atoms with Crippen LogP contribution < -0.4 is 0 Å². The zero-order chi connectivity index (χ0) is 13.3. The van der Waals surface area contributed by atoms with E-state index in [0.717, 1.165) is 15.2 Å². The number of fused-ring (bicyclic) bond motifs is 1. The average Bonchev–Trinajstić information content (AvgIpc) is 2.66. The molecule has 0 aliphatic carbocycles. The van der Waals surface area contributed by atoms with Crippen molar-refractivity contribution in [2.45, 2.75) is 25.8 Å². The number of aryl methyl sites for hydroxylation is 1. The number of carboxylic acid groups (broad SMARTS) is 1. The first-order valence-corrected chi connectivity index (χ1v) is 7.28. The van der Waals surface area contributed by atoms with Crippen molar-refractivity contribution in [3.63, 3.8) is 0 Å². The molecule has 6 heteroatoms. The standard InChI is InChI=1S/C12H14N2O2S2/c1-7-4-8-9(13-6-14-10(8)18-7)17-5-12(2,3)11(15)16/h4,6H,5H2,1-3H3,(H,15,16). The van der Waals surface area contributed by atoms with Crippen LogP contribution in [0.4, 0.5) is 0 Å². The van der Waals surface area contributed by atoms with Gasteiger partial charge >= 0.3 is 5.97 Å². The van der Waals surface area contributed by atoms with Gasteiger partial charge in [-0.2, -0.15) is 0 Å². The van der Waals surface area contributed by atoms with Gasteiger partial charge in [-0.05, 0) is 26.8 Å². The van der Waals surface area contributed by atoms with Crippen molar-refractivity contribution in [2.75, 3.05) is 5.75 Å². The van der Waals surface area contributed by atoms with E-state index >= 15 is 0 Å². The lowest BCUT2D eigenvalue weighted by atomic mass is 9.97. The first-order chi connectivity index (χ1) is 8.40. The van der Waals surface area contributed by atoms with Gasteiger partial charge in [0.2, 0.25) is 0 Å². The Kier molecular flexibility index (Phi) is 3.59. The monoisotopic (exact) mass is 282 g/mol. The molecule has 0 unspecified atom stereocenters. The molecule has 0 saturated heterocycles. The van der Waals surface area contributed by atoms with E-state index < -0.39 is 11.4 Å². The zero-order valence-corrected chi connectivity index (χ0v) is 12.1. The molecule has 0 fully saturated rings. The molecule has 18 heavy (non-hydrogen) atoms. The second-order valence-electron chi connectivity index (χ2n) is 4.73. The van der Waals surface area contributed by atoms with E-state index in [4.69, 9.17) is 5.11 Å². The average molecular weight is 282 g/mol. The van der Waals surface area contributed by atoms with Crippen LogP contribution in [0.5, 0.6) is 0 Å². The van der Waals surface area contributed by atoms with Crippen molar-refractivity contribution in [1.82, 2.24) is 9.97 Å². The SMILES string of the molecule is Cc1cc2c(SCC(C)(C)C(=O)O)ncnc2s1. The maximum absolute atomic E-state index is 11.1. The summed E-state index contributed by atoms with van der Waals surface area (Å²) in [7, 11) is 0. The second kappa shape index (κ2) is 4.85. The van der Waals surface area contributed by atoms with Gasteiger partial charge in [-0.3, -0.25) is 4.79 Å². The Labute approximate surface area is 113 Å². The summed E-state index contributed by atoms with van der Waals surface area (Å²) >= 11 is 3.10. The molecule has 1 N–H and O–H groups in total. The molecule has 0 radical (unpaired) electrons. The smallest absolute Gasteiger partial charge is 0.309 e. The summed E-state index contributed by atoms with van der Waals surface area (Å²) in [5, 5.41) is 11.0. The largest absolute Gasteiger partial charge is 0.481 e. The minimum atomic E-state index is -0.790. The summed E-state index contributed by atoms with van der Waals surface area (Å²) in [6.45, 7) is 5.47. The lowest BCUT2D eigenvalue weighted by molar-refractivity contribution is -0.145. The van der Waals surface area contributed by atoms with Crippen LogP contribution in [0.3, 0.4) is 0 Å². The molecule has 2 aromatic heterocycles. The van der Waals surface area contributed by atoms with Gasteiger partial charge in [0.05, 0.1) is 5.41 Å². The number of thioether (sulfide) groups is 1. The molecule has 0 aliphatic rings. The Bertz CT molecular complexity index is 593. The summed E-state index contributed by atoms with van der Waals surface area (Å²) in [6, 6.07) is 2.05. The Hall–Kier alpha value is -1.14. The topological polar surface area (TPSA) is 63.1 Å². The van der Waals surface area contributed by atoms with Crippen LogP contribution in [0.1, 0.15) is 18.7 Å². The number of hydrogen-bond donors (Lipinski definition) is 1. The number of aromatic nitrogens is 2. The lowest BCUT2D eigenvalue weighted by Gasteiger charge is -2.17. The fourth-order valence-corrected chi connectivity index (χ4v) is 3.35. The summed E-state index contributed by atoms with van der Waals surface area (Å²) in [5.41, 5.74) is -0.757. The van der Waals surface area contributed by atoms with E-state index in [0.29, 0.717) is 5.75 Å². The summed E-state index contributed by atoms with van der Waals surface area (Å²) in [6.07, 6.45) is 1.54. The molecule has 0 bridgehead atoms. The molecule has 0 aromatic carbocycles. The van der Waals surface area contributed by atoms with Crippen molar-refractivity contribution < 1.29 is 9.90 Å². The van der Waals surface area contributed by atoms with Crippen LogP contribution in [0.2, 0.25) is 0 Å². The normalized spacial score (nSPS) is 11.9. The third-order valence-corrected chi connectivity index (χ3v) is 4.99. The molecule has 2 aromatic rings. The van der Waals surface area contributed by atoms with E-state index in [9.17, 15) is 4.79 Å². The van der Waals surface area contributed by atoms with Crippen molar-refractivity contribution in [2.24, 2.45) is 5.41 Å². The summed E-state index contributed by atoms with van der Waals surface area (Å²) < 4.78 is 0. The molecule has 0 amide bonds. The molecule has 2 rings (SSSR count). The van der Waals surface area contributed by atoms with E-state index in [1.807, 2.05) is 6.92 Å². The fraction of sp³-hybridized carbons (Fsp3) is 0.417. The van der Waals surface area contributed by atoms with Gasteiger partial charge in [0.1, 0.15) is 16.2 Å². The van der Waals surface area contributed by atoms with Crippen molar-refractivity contribution in [3.05, 3.63) is 17.3 Å². The number of rotatable bonds is 4. The van der Waals surface area contributed by atoms with Crippen LogP contribution in [0.25, 0.3) is 10.2 Å². The number of thiophene rings is 1. The number of aliphatic carboxylic acids is 1. The van der Waals surface area contributed by atoms with Crippen LogP contribution in [0.15, 0.2) is 17.4 Å². The first-order valence-electron chi connectivity index (χ1n) is 5.47. The van der Waals surface area contributed by atoms with E-state index in [-0.39, 0.29) is 0 Å². The van der Waals surface area contributed by atoms with Crippen molar-refractivity contribution >= 4 is 39.3 Å². The highest BCUT2D eigenvalue weighted by Gasteiger charge is 2.27. The number of carbonyl (C=O) groups is 1. The third kappa shape index (κ3) is 2.64. The van der Waals surface area contributed by atoms with Crippen molar-refractivity contribution in [3.8, 4) is 0 Å². The van der Waals surface area contributed by atoms with E-state index in [2.05, 4.69) is 16.0 Å². The minimum absolute atomic E-state index is 0.489. The first kappa shape index (κ1) is 13.3. The molecule has 2 heterocycles. The molecular weight excluding hydrogens is 268 g/mol. The molecule has 96 valence electrons. The van der Waals surface area contributed by atoms with Gasteiger partial charge in [-0.25, -0.2) is 9.97 Å². The minimum Gasteiger partial charge on any atom is -0.481 e. The Morgan fingerprint density at radius 3 is 2.89 bits per heavy atom. The number of carboxylic acids is 1. The highest BCUT2D eigenvalue weighted by molar-refractivity contribution is 7.99. The molecule has 0 atom stereocenters. The second-order valence-corrected chi connectivity index (χ2v) is 6.93. The molecule has 0 spiro atoms. The fourth-order valence-electron chi connectivity index (χ4n) is 1.38. The maximum atomic E-state index is 11.1.